The molecule has 5 nitrogen and oxygen atoms in total. The second-order valence-electron chi connectivity index (χ2n) is 4.81. The molecule has 1 unspecified atom stereocenters. The van der Waals surface area contributed by atoms with E-state index in [1.165, 1.54) is 0 Å². The zero-order chi connectivity index (χ0) is 13.8. The molecular weight excluding hydrogens is 242 g/mol. The normalized spacial score (nSPS) is 23.6. The van der Waals surface area contributed by atoms with Crippen molar-refractivity contribution in [2.75, 3.05) is 6.54 Å². The van der Waals surface area contributed by atoms with Gasteiger partial charge in [-0.1, -0.05) is 12.1 Å². The van der Waals surface area contributed by atoms with Crippen LogP contribution in [0.5, 0.6) is 0 Å². The van der Waals surface area contributed by atoms with E-state index in [-0.39, 0.29) is 18.0 Å². The topological polar surface area (TPSA) is 85.2 Å². The van der Waals surface area contributed by atoms with Crippen LogP contribution in [0.1, 0.15) is 30.5 Å². The number of amides is 1. The van der Waals surface area contributed by atoms with Crippen LogP contribution in [0.25, 0.3) is 0 Å². The van der Waals surface area contributed by atoms with Gasteiger partial charge in [-0.05, 0) is 31.0 Å². The van der Waals surface area contributed by atoms with E-state index in [1.807, 2.05) is 19.1 Å². The van der Waals surface area contributed by atoms with Gasteiger partial charge in [-0.2, -0.15) is 5.26 Å². The van der Waals surface area contributed by atoms with Crippen molar-refractivity contribution in [3.8, 4) is 6.07 Å². The smallest absolute Gasteiger partial charge is 0.237 e. The number of aliphatic hydroxyl groups is 1. The fraction of sp³-hybridized carbons (Fsp3) is 0.429. The molecule has 100 valence electrons. The summed E-state index contributed by atoms with van der Waals surface area (Å²) in [4.78, 5) is 12.0. The quantitative estimate of drug-likeness (QED) is 0.736. The molecular formula is C14H17N3O2. The van der Waals surface area contributed by atoms with Crippen molar-refractivity contribution in [1.29, 1.82) is 5.26 Å². The molecule has 1 amide bonds. The molecule has 19 heavy (non-hydrogen) atoms. The zero-order valence-corrected chi connectivity index (χ0v) is 10.8. The van der Waals surface area contributed by atoms with E-state index in [0.29, 0.717) is 18.5 Å². The summed E-state index contributed by atoms with van der Waals surface area (Å²) in [5.74, 6) is -0.103. The highest BCUT2D eigenvalue weighted by Crippen LogP contribution is 2.14. The third-order valence-electron chi connectivity index (χ3n) is 3.32. The number of rotatable bonds is 3. The molecule has 0 aromatic heterocycles. The Kier molecular flexibility index (Phi) is 4.15. The highest BCUT2D eigenvalue weighted by molar-refractivity contribution is 5.82. The number of benzene rings is 1. The number of nitrogens with zero attached hydrogens (tertiary/aromatic N) is 1. The Morgan fingerprint density at radius 1 is 1.53 bits per heavy atom. The summed E-state index contributed by atoms with van der Waals surface area (Å²) in [7, 11) is 0. The van der Waals surface area contributed by atoms with E-state index in [2.05, 4.69) is 16.7 Å². The fourth-order valence-electron chi connectivity index (χ4n) is 2.16. The first-order valence-electron chi connectivity index (χ1n) is 6.32. The molecule has 0 aliphatic carbocycles. The first kappa shape index (κ1) is 13.5. The van der Waals surface area contributed by atoms with Crippen LogP contribution in [0.3, 0.4) is 0 Å². The summed E-state index contributed by atoms with van der Waals surface area (Å²) in [5.41, 5.74) is 1.55. The lowest BCUT2D eigenvalue weighted by atomic mass is 10.1. The fourth-order valence-corrected chi connectivity index (χ4v) is 2.16. The number of hydrogen-bond acceptors (Lipinski definition) is 4. The summed E-state index contributed by atoms with van der Waals surface area (Å²) in [6.07, 6.45) is 0.00677. The van der Waals surface area contributed by atoms with Crippen molar-refractivity contribution in [2.45, 2.75) is 31.5 Å². The van der Waals surface area contributed by atoms with Crippen LogP contribution in [0.15, 0.2) is 24.3 Å². The van der Waals surface area contributed by atoms with Gasteiger partial charge in [0.15, 0.2) is 0 Å². The van der Waals surface area contributed by atoms with Crippen LogP contribution >= 0.6 is 0 Å². The molecule has 1 aliphatic heterocycles. The molecule has 1 aromatic rings. The maximum Gasteiger partial charge on any atom is 0.237 e. The van der Waals surface area contributed by atoms with Crippen molar-refractivity contribution in [1.82, 2.24) is 10.6 Å². The Balaban J connectivity index is 1.94. The summed E-state index contributed by atoms with van der Waals surface area (Å²) in [5, 5.41) is 24.0. The molecule has 0 radical (unpaired) electrons. The molecule has 1 heterocycles. The minimum absolute atomic E-state index is 0.103. The molecule has 5 heteroatoms. The van der Waals surface area contributed by atoms with Crippen LogP contribution in [0, 0.1) is 11.3 Å². The van der Waals surface area contributed by atoms with E-state index >= 15 is 0 Å². The predicted molar refractivity (Wildman–Crippen MR) is 70.1 cm³/mol. The third kappa shape index (κ3) is 3.31. The van der Waals surface area contributed by atoms with Crippen LogP contribution in [0.4, 0.5) is 0 Å². The lowest BCUT2D eigenvalue weighted by Gasteiger charge is -2.17. The predicted octanol–water partition coefficient (Wildman–Crippen LogP) is 0.458. The molecule has 1 aromatic carbocycles. The van der Waals surface area contributed by atoms with Crippen LogP contribution in [0.2, 0.25) is 0 Å². The minimum Gasteiger partial charge on any atom is -0.392 e. The largest absolute Gasteiger partial charge is 0.392 e. The Labute approximate surface area is 112 Å². The summed E-state index contributed by atoms with van der Waals surface area (Å²) >= 11 is 0. The highest BCUT2D eigenvalue weighted by atomic mass is 16.3. The summed E-state index contributed by atoms with van der Waals surface area (Å²) in [6, 6.07) is 8.74. The maximum atomic E-state index is 12.0. The summed E-state index contributed by atoms with van der Waals surface area (Å²) < 4.78 is 0. The van der Waals surface area contributed by atoms with Crippen molar-refractivity contribution >= 4 is 5.91 Å². The molecule has 0 saturated carbocycles. The molecule has 3 atom stereocenters. The average Bonchev–Trinajstić information content (AvgIpc) is 2.85. The SMILES string of the molecule is CC(NC(=O)[C@@H]1C[C@@H](O)CN1)c1ccc(C#N)cc1. The van der Waals surface area contributed by atoms with Crippen molar-refractivity contribution in [3.63, 3.8) is 0 Å². The van der Waals surface area contributed by atoms with Crippen molar-refractivity contribution < 1.29 is 9.90 Å². The van der Waals surface area contributed by atoms with Gasteiger partial charge in [-0.25, -0.2) is 0 Å². The number of nitrogens with one attached hydrogen (secondary N) is 2. The lowest BCUT2D eigenvalue weighted by molar-refractivity contribution is -0.123. The van der Waals surface area contributed by atoms with Crippen LogP contribution in [-0.4, -0.2) is 29.7 Å². The van der Waals surface area contributed by atoms with Gasteiger partial charge in [-0.15, -0.1) is 0 Å². The summed E-state index contributed by atoms with van der Waals surface area (Å²) in [6.45, 7) is 2.36. The van der Waals surface area contributed by atoms with Gasteiger partial charge in [0.25, 0.3) is 0 Å². The van der Waals surface area contributed by atoms with Gasteiger partial charge in [0.2, 0.25) is 5.91 Å². The van der Waals surface area contributed by atoms with Gasteiger partial charge in [0.05, 0.1) is 29.8 Å². The second kappa shape index (κ2) is 5.83. The number of β-amino-alcohol motifs (C(OH)–C–C–N with tert-alkyl or cyclic N) is 1. The molecule has 3 N–H and O–H groups in total. The van der Waals surface area contributed by atoms with Crippen LogP contribution in [-0.2, 0) is 4.79 Å². The molecule has 0 bridgehead atoms. The monoisotopic (exact) mass is 259 g/mol. The van der Waals surface area contributed by atoms with Gasteiger partial charge >= 0.3 is 0 Å². The average molecular weight is 259 g/mol. The number of hydrogen-bond donors (Lipinski definition) is 3. The lowest BCUT2D eigenvalue weighted by Crippen LogP contribution is -2.41. The Morgan fingerprint density at radius 3 is 2.74 bits per heavy atom. The number of carbonyl (C=O) groups excluding carboxylic acids is 1. The molecule has 2 rings (SSSR count). The Hall–Kier alpha value is -1.90. The van der Waals surface area contributed by atoms with Gasteiger partial charge in [0.1, 0.15) is 0 Å². The van der Waals surface area contributed by atoms with Crippen LogP contribution < -0.4 is 10.6 Å². The second-order valence-corrected chi connectivity index (χ2v) is 4.81. The maximum absolute atomic E-state index is 12.0. The van der Waals surface area contributed by atoms with E-state index in [4.69, 9.17) is 5.26 Å². The standard InChI is InChI=1S/C14H17N3O2/c1-9(11-4-2-10(7-15)3-5-11)17-14(19)13-6-12(18)8-16-13/h2-5,9,12-13,16,18H,6,8H2,1H3,(H,17,19)/t9?,12-,13+/m1/s1. The Bertz CT molecular complexity index is 492. The van der Waals surface area contributed by atoms with E-state index in [1.54, 1.807) is 12.1 Å². The molecule has 1 fully saturated rings. The van der Waals surface area contributed by atoms with E-state index in [9.17, 15) is 9.90 Å². The Morgan fingerprint density at radius 2 is 2.21 bits per heavy atom. The zero-order valence-electron chi connectivity index (χ0n) is 10.8. The number of aliphatic hydroxyl groups excluding tert-OH is 1. The minimum atomic E-state index is -0.444. The first-order valence-corrected chi connectivity index (χ1v) is 6.32. The molecule has 1 saturated heterocycles. The van der Waals surface area contributed by atoms with E-state index < -0.39 is 6.10 Å². The third-order valence-corrected chi connectivity index (χ3v) is 3.32. The molecule has 1 aliphatic rings. The van der Waals surface area contributed by atoms with Gasteiger partial charge < -0.3 is 15.7 Å². The number of carbonyl (C=O) groups is 1. The van der Waals surface area contributed by atoms with Crippen molar-refractivity contribution in [2.24, 2.45) is 0 Å². The highest BCUT2D eigenvalue weighted by Gasteiger charge is 2.28. The first-order chi connectivity index (χ1) is 9.10. The number of nitriles is 1. The molecule has 0 spiro atoms. The van der Waals surface area contributed by atoms with Gasteiger partial charge in [-0.3, -0.25) is 4.79 Å². The van der Waals surface area contributed by atoms with Crippen molar-refractivity contribution in [3.05, 3.63) is 35.4 Å². The van der Waals surface area contributed by atoms with Gasteiger partial charge in [0, 0.05) is 6.54 Å². The van der Waals surface area contributed by atoms with E-state index in [0.717, 1.165) is 5.56 Å².